The van der Waals surface area contributed by atoms with Crippen LogP contribution in [0.1, 0.15) is 27.3 Å². The number of nitrogens with zero attached hydrogens (tertiary/aromatic N) is 2. The molecule has 132 valence electrons. The summed E-state index contributed by atoms with van der Waals surface area (Å²) in [5.74, 6) is -1.08. The number of benzene rings is 2. The lowest BCUT2D eigenvalue weighted by Gasteiger charge is -2.12. The summed E-state index contributed by atoms with van der Waals surface area (Å²) in [6, 6.07) is 15.0. The second-order valence-electron chi connectivity index (χ2n) is 6.03. The second-order valence-corrected chi connectivity index (χ2v) is 6.03. The number of aromatic nitrogens is 2. The number of para-hydroxylation sites is 1. The van der Waals surface area contributed by atoms with Gasteiger partial charge in [0, 0.05) is 18.3 Å². The van der Waals surface area contributed by atoms with Crippen molar-refractivity contribution in [1.29, 1.82) is 0 Å². The number of hydrogen-bond acceptors (Lipinski definition) is 3. The van der Waals surface area contributed by atoms with Crippen LogP contribution in [0, 0.1) is 19.7 Å². The molecule has 0 fully saturated rings. The highest BCUT2D eigenvalue weighted by atomic mass is 19.1. The molecule has 0 saturated heterocycles. The van der Waals surface area contributed by atoms with Crippen LogP contribution in [0.4, 0.5) is 4.39 Å². The molecule has 3 rings (SSSR count). The van der Waals surface area contributed by atoms with E-state index in [1.807, 2.05) is 31.2 Å². The van der Waals surface area contributed by atoms with E-state index in [2.05, 4.69) is 10.4 Å². The van der Waals surface area contributed by atoms with Crippen LogP contribution in [-0.4, -0.2) is 15.7 Å². The van der Waals surface area contributed by atoms with Crippen molar-refractivity contribution < 1.29 is 9.18 Å². The fraction of sp³-hybridized carbons (Fsp3) is 0.150. The molecule has 0 saturated carbocycles. The molecule has 1 aromatic heterocycles. The van der Waals surface area contributed by atoms with E-state index in [4.69, 9.17) is 0 Å². The standard InChI is InChI=1S/C20H18FN3O2/c1-13-7-9-15(10-8-13)12-22-20(26)19-18(25)11-14(2)24(23-19)17-6-4-3-5-16(17)21/h3-11H,12H2,1-2H3,(H,22,26). The largest absolute Gasteiger partial charge is 0.346 e. The summed E-state index contributed by atoms with van der Waals surface area (Å²) in [4.78, 5) is 24.6. The van der Waals surface area contributed by atoms with Crippen LogP contribution in [0.15, 0.2) is 59.4 Å². The van der Waals surface area contributed by atoms with E-state index in [0.717, 1.165) is 11.1 Å². The summed E-state index contributed by atoms with van der Waals surface area (Å²) in [7, 11) is 0. The Labute approximate surface area is 150 Å². The fourth-order valence-corrected chi connectivity index (χ4v) is 2.54. The third kappa shape index (κ3) is 3.69. The molecule has 0 bridgehead atoms. The zero-order chi connectivity index (χ0) is 18.7. The highest BCUT2D eigenvalue weighted by Gasteiger charge is 2.16. The van der Waals surface area contributed by atoms with Gasteiger partial charge in [-0.05, 0) is 31.5 Å². The molecule has 0 spiro atoms. The second kappa shape index (κ2) is 7.31. The number of nitrogens with one attached hydrogen (secondary N) is 1. The molecule has 1 heterocycles. The Bertz CT molecular complexity index is 1010. The Morgan fingerprint density at radius 3 is 2.50 bits per heavy atom. The Morgan fingerprint density at radius 1 is 1.12 bits per heavy atom. The summed E-state index contributed by atoms with van der Waals surface area (Å²) in [6.07, 6.45) is 0. The predicted molar refractivity (Wildman–Crippen MR) is 96.9 cm³/mol. The maximum Gasteiger partial charge on any atom is 0.276 e. The van der Waals surface area contributed by atoms with Crippen molar-refractivity contribution in [3.63, 3.8) is 0 Å². The zero-order valence-corrected chi connectivity index (χ0v) is 14.5. The molecular weight excluding hydrogens is 333 g/mol. The van der Waals surface area contributed by atoms with Crippen molar-refractivity contribution in [3.05, 3.63) is 93.2 Å². The summed E-state index contributed by atoms with van der Waals surface area (Å²) < 4.78 is 15.3. The van der Waals surface area contributed by atoms with Crippen molar-refractivity contribution in [2.24, 2.45) is 0 Å². The normalized spacial score (nSPS) is 10.6. The Morgan fingerprint density at radius 2 is 1.81 bits per heavy atom. The number of rotatable bonds is 4. The molecule has 1 amide bonds. The SMILES string of the molecule is Cc1ccc(CNC(=O)c2nn(-c3ccccc3F)c(C)cc2=O)cc1. The Hall–Kier alpha value is -3.28. The number of carbonyl (C=O) groups excluding carboxylic acids is 1. The number of halogens is 1. The van der Waals surface area contributed by atoms with Crippen LogP contribution in [0.5, 0.6) is 0 Å². The monoisotopic (exact) mass is 351 g/mol. The van der Waals surface area contributed by atoms with Gasteiger partial charge in [-0.15, -0.1) is 0 Å². The summed E-state index contributed by atoms with van der Waals surface area (Å²) >= 11 is 0. The predicted octanol–water partition coefficient (Wildman–Crippen LogP) is 2.92. The van der Waals surface area contributed by atoms with Gasteiger partial charge in [-0.3, -0.25) is 9.59 Å². The third-order valence-electron chi connectivity index (χ3n) is 3.98. The van der Waals surface area contributed by atoms with E-state index in [0.29, 0.717) is 5.69 Å². The van der Waals surface area contributed by atoms with E-state index >= 15 is 0 Å². The van der Waals surface area contributed by atoms with Crippen LogP contribution < -0.4 is 10.7 Å². The molecule has 26 heavy (non-hydrogen) atoms. The van der Waals surface area contributed by atoms with E-state index in [1.54, 1.807) is 19.1 Å². The minimum absolute atomic E-state index is 0.178. The molecular formula is C20H18FN3O2. The lowest BCUT2D eigenvalue weighted by molar-refractivity contribution is 0.0943. The maximum absolute atomic E-state index is 14.1. The van der Waals surface area contributed by atoms with Crippen LogP contribution in [0.3, 0.4) is 0 Å². The van der Waals surface area contributed by atoms with Gasteiger partial charge >= 0.3 is 0 Å². The van der Waals surface area contributed by atoms with Crippen LogP contribution in [-0.2, 0) is 6.54 Å². The summed E-state index contributed by atoms with van der Waals surface area (Å²) in [6.45, 7) is 3.88. The van der Waals surface area contributed by atoms with Crippen molar-refractivity contribution in [2.75, 3.05) is 0 Å². The first kappa shape index (κ1) is 17.5. The van der Waals surface area contributed by atoms with Crippen LogP contribution in [0.25, 0.3) is 5.69 Å². The molecule has 3 aromatic rings. The van der Waals surface area contributed by atoms with E-state index < -0.39 is 17.2 Å². The van der Waals surface area contributed by atoms with Gasteiger partial charge in [0.25, 0.3) is 5.91 Å². The topological polar surface area (TPSA) is 64.0 Å². The minimum Gasteiger partial charge on any atom is -0.346 e. The number of amides is 1. The zero-order valence-electron chi connectivity index (χ0n) is 14.5. The summed E-state index contributed by atoms with van der Waals surface area (Å²) in [5.41, 5.74) is 1.87. The van der Waals surface area contributed by atoms with Crippen molar-refractivity contribution >= 4 is 5.91 Å². The lowest BCUT2D eigenvalue weighted by atomic mass is 10.1. The first-order valence-electron chi connectivity index (χ1n) is 8.15. The number of hydrogen-bond donors (Lipinski definition) is 1. The molecule has 0 aliphatic heterocycles. The van der Waals surface area contributed by atoms with E-state index in [9.17, 15) is 14.0 Å². The quantitative estimate of drug-likeness (QED) is 0.786. The van der Waals surface area contributed by atoms with E-state index in [1.165, 1.54) is 22.9 Å². The van der Waals surface area contributed by atoms with Gasteiger partial charge in [0.15, 0.2) is 5.69 Å². The van der Waals surface area contributed by atoms with Crippen molar-refractivity contribution in [2.45, 2.75) is 20.4 Å². The number of carbonyl (C=O) groups is 1. The van der Waals surface area contributed by atoms with Gasteiger partial charge in [-0.1, -0.05) is 42.0 Å². The highest BCUT2D eigenvalue weighted by molar-refractivity contribution is 5.92. The third-order valence-corrected chi connectivity index (χ3v) is 3.98. The van der Waals surface area contributed by atoms with Crippen LogP contribution in [0.2, 0.25) is 0 Å². The smallest absolute Gasteiger partial charge is 0.276 e. The molecule has 5 nitrogen and oxygen atoms in total. The molecule has 0 radical (unpaired) electrons. The number of aryl methyl sites for hydroxylation is 2. The van der Waals surface area contributed by atoms with Gasteiger partial charge < -0.3 is 5.32 Å². The molecule has 6 heteroatoms. The average Bonchev–Trinajstić information content (AvgIpc) is 2.62. The van der Waals surface area contributed by atoms with Gasteiger partial charge in [0.2, 0.25) is 5.43 Å². The Kier molecular flexibility index (Phi) is 4.93. The van der Waals surface area contributed by atoms with Crippen molar-refractivity contribution in [3.8, 4) is 5.69 Å². The first-order valence-corrected chi connectivity index (χ1v) is 8.15. The molecule has 2 aromatic carbocycles. The van der Waals surface area contributed by atoms with Gasteiger partial charge in [0.1, 0.15) is 11.5 Å². The van der Waals surface area contributed by atoms with E-state index in [-0.39, 0.29) is 17.9 Å². The molecule has 0 aliphatic carbocycles. The first-order chi connectivity index (χ1) is 12.5. The highest BCUT2D eigenvalue weighted by Crippen LogP contribution is 2.13. The fourth-order valence-electron chi connectivity index (χ4n) is 2.54. The molecule has 0 atom stereocenters. The van der Waals surface area contributed by atoms with Gasteiger partial charge in [-0.25, -0.2) is 9.07 Å². The average molecular weight is 351 g/mol. The summed E-state index contributed by atoms with van der Waals surface area (Å²) in [5, 5.41) is 6.76. The Balaban J connectivity index is 1.88. The van der Waals surface area contributed by atoms with Crippen molar-refractivity contribution in [1.82, 2.24) is 15.1 Å². The van der Waals surface area contributed by atoms with Crippen LogP contribution >= 0.6 is 0 Å². The maximum atomic E-state index is 14.1. The van der Waals surface area contributed by atoms with Gasteiger partial charge in [0.05, 0.1) is 0 Å². The lowest BCUT2D eigenvalue weighted by Crippen LogP contribution is -2.31. The van der Waals surface area contributed by atoms with Gasteiger partial charge in [-0.2, -0.15) is 5.10 Å². The molecule has 0 aliphatic rings. The molecule has 1 N–H and O–H groups in total. The molecule has 0 unspecified atom stereocenters. The minimum atomic E-state index is -0.597.